The highest BCUT2D eigenvalue weighted by molar-refractivity contribution is 5.94. The lowest BCUT2D eigenvalue weighted by molar-refractivity contribution is -0.0498. The van der Waals surface area contributed by atoms with E-state index in [-0.39, 0.29) is 35.8 Å². The van der Waals surface area contributed by atoms with E-state index in [9.17, 15) is 18.7 Å². The summed E-state index contributed by atoms with van der Waals surface area (Å²) < 4.78 is 31.0. The molecule has 1 aromatic carbocycles. The third kappa shape index (κ3) is 3.78. The molecule has 1 amide bonds. The van der Waals surface area contributed by atoms with Gasteiger partial charge in [0, 0.05) is 23.6 Å². The zero-order chi connectivity index (χ0) is 19.0. The van der Waals surface area contributed by atoms with Gasteiger partial charge in [0.15, 0.2) is 5.82 Å². The fourth-order valence-corrected chi connectivity index (χ4v) is 3.48. The number of nitrogens with one attached hydrogen (secondary N) is 1. The van der Waals surface area contributed by atoms with Gasteiger partial charge < -0.3 is 19.7 Å². The van der Waals surface area contributed by atoms with Crippen molar-refractivity contribution in [3.8, 4) is 5.75 Å². The van der Waals surface area contributed by atoms with Crippen molar-refractivity contribution in [1.29, 1.82) is 0 Å². The van der Waals surface area contributed by atoms with Crippen LogP contribution in [0.5, 0.6) is 5.75 Å². The number of aromatic nitrogens is 3. The van der Waals surface area contributed by atoms with Crippen LogP contribution < -0.4 is 10.1 Å². The Bertz CT molecular complexity index is 832. The molecule has 1 aromatic heterocycles. The highest BCUT2D eigenvalue weighted by Crippen LogP contribution is 2.42. The maximum absolute atomic E-state index is 12.3. The predicted molar refractivity (Wildman–Crippen MR) is 90.5 cm³/mol. The largest absolute Gasteiger partial charge is 0.435 e. The van der Waals surface area contributed by atoms with Crippen molar-refractivity contribution >= 4 is 5.91 Å². The van der Waals surface area contributed by atoms with Crippen molar-refractivity contribution in [3.05, 3.63) is 41.5 Å². The summed E-state index contributed by atoms with van der Waals surface area (Å²) in [5.74, 6) is 1.29. The summed E-state index contributed by atoms with van der Waals surface area (Å²) in [6.07, 6.45) is 3.61. The number of ether oxygens (including phenoxy) is 1. The molecule has 0 unspecified atom stereocenters. The van der Waals surface area contributed by atoms with E-state index in [2.05, 4.69) is 20.3 Å². The number of rotatable bonds is 7. The molecule has 0 atom stereocenters. The van der Waals surface area contributed by atoms with Crippen LogP contribution in [-0.4, -0.2) is 38.4 Å². The Balaban J connectivity index is 1.36. The Morgan fingerprint density at radius 3 is 2.78 bits per heavy atom. The molecule has 0 saturated heterocycles. The van der Waals surface area contributed by atoms with Crippen LogP contribution in [0.3, 0.4) is 0 Å². The lowest BCUT2D eigenvalue weighted by Gasteiger charge is -2.35. The van der Waals surface area contributed by atoms with E-state index in [4.69, 9.17) is 0 Å². The van der Waals surface area contributed by atoms with Crippen LogP contribution in [-0.2, 0) is 6.61 Å². The number of amides is 1. The number of hydrogen-bond acceptors (Lipinski definition) is 5. The SMILES string of the molecule is O=C(NC1CC(c2nnc(CO)n2C2CC2)C1)c1cccc(OC(F)F)c1. The van der Waals surface area contributed by atoms with Crippen molar-refractivity contribution in [3.63, 3.8) is 0 Å². The first-order chi connectivity index (χ1) is 13.0. The number of alkyl halides is 2. The Kier molecular flexibility index (Phi) is 4.77. The van der Waals surface area contributed by atoms with E-state index < -0.39 is 6.61 Å². The van der Waals surface area contributed by atoms with Crippen molar-refractivity contribution in [2.24, 2.45) is 0 Å². The highest BCUT2D eigenvalue weighted by Gasteiger charge is 2.38. The van der Waals surface area contributed by atoms with E-state index in [0.29, 0.717) is 11.9 Å². The van der Waals surface area contributed by atoms with Crippen LogP contribution in [0.25, 0.3) is 0 Å². The van der Waals surface area contributed by atoms with Gasteiger partial charge in [-0.2, -0.15) is 8.78 Å². The van der Waals surface area contributed by atoms with Crippen molar-refractivity contribution < 1.29 is 23.4 Å². The minimum Gasteiger partial charge on any atom is -0.435 e. The monoisotopic (exact) mass is 378 g/mol. The molecule has 1 heterocycles. The average molecular weight is 378 g/mol. The van der Waals surface area contributed by atoms with Gasteiger partial charge >= 0.3 is 6.61 Å². The lowest BCUT2D eigenvalue weighted by atomic mass is 9.79. The van der Waals surface area contributed by atoms with E-state index in [0.717, 1.165) is 31.5 Å². The molecule has 0 aliphatic heterocycles. The predicted octanol–water partition coefficient (Wildman–Crippen LogP) is 2.38. The third-order valence-corrected chi connectivity index (χ3v) is 5.01. The number of carbonyl (C=O) groups excluding carboxylic acids is 1. The Hall–Kier alpha value is -2.55. The number of halogens is 2. The Morgan fingerprint density at radius 1 is 1.33 bits per heavy atom. The van der Waals surface area contributed by atoms with Crippen molar-refractivity contribution in [1.82, 2.24) is 20.1 Å². The molecule has 2 aliphatic carbocycles. The maximum atomic E-state index is 12.3. The second-order valence-electron chi connectivity index (χ2n) is 6.98. The van der Waals surface area contributed by atoms with Gasteiger partial charge in [-0.3, -0.25) is 4.79 Å². The van der Waals surface area contributed by atoms with Crippen LogP contribution >= 0.6 is 0 Å². The van der Waals surface area contributed by atoms with Gasteiger partial charge in [-0.25, -0.2) is 0 Å². The maximum Gasteiger partial charge on any atom is 0.387 e. The summed E-state index contributed by atoms with van der Waals surface area (Å²) >= 11 is 0. The molecule has 0 spiro atoms. The molecule has 2 aromatic rings. The normalized spacial score (nSPS) is 21.8. The van der Waals surface area contributed by atoms with Crippen LogP contribution in [0.2, 0.25) is 0 Å². The Morgan fingerprint density at radius 2 is 2.11 bits per heavy atom. The van der Waals surface area contributed by atoms with E-state index in [1.807, 2.05) is 4.57 Å². The van der Waals surface area contributed by atoms with Gasteiger partial charge in [0.1, 0.15) is 18.2 Å². The van der Waals surface area contributed by atoms with E-state index >= 15 is 0 Å². The number of carbonyl (C=O) groups is 1. The zero-order valence-electron chi connectivity index (χ0n) is 14.5. The average Bonchev–Trinajstić information content (AvgIpc) is 3.36. The molecule has 27 heavy (non-hydrogen) atoms. The molecule has 4 rings (SSSR count). The van der Waals surface area contributed by atoms with Crippen LogP contribution in [0.15, 0.2) is 24.3 Å². The quantitative estimate of drug-likeness (QED) is 0.772. The fourth-order valence-electron chi connectivity index (χ4n) is 3.48. The second-order valence-corrected chi connectivity index (χ2v) is 6.98. The smallest absolute Gasteiger partial charge is 0.387 e. The van der Waals surface area contributed by atoms with Gasteiger partial charge in [0.2, 0.25) is 0 Å². The summed E-state index contributed by atoms with van der Waals surface area (Å²) in [6, 6.07) is 6.11. The minimum atomic E-state index is -2.93. The van der Waals surface area contributed by atoms with Gasteiger partial charge in [0.05, 0.1) is 0 Å². The summed E-state index contributed by atoms with van der Waals surface area (Å²) in [5.41, 5.74) is 0.278. The fraction of sp³-hybridized carbons (Fsp3) is 0.500. The second kappa shape index (κ2) is 7.22. The van der Waals surface area contributed by atoms with Crippen molar-refractivity contribution in [2.75, 3.05) is 0 Å². The molecular weight excluding hydrogens is 358 g/mol. The highest BCUT2D eigenvalue weighted by atomic mass is 19.3. The van der Waals surface area contributed by atoms with Gasteiger partial charge in [-0.15, -0.1) is 10.2 Å². The first kappa shape index (κ1) is 17.8. The van der Waals surface area contributed by atoms with Crippen LogP contribution in [0.1, 0.15) is 59.6 Å². The molecule has 9 heteroatoms. The number of nitrogens with zero attached hydrogens (tertiary/aromatic N) is 3. The molecule has 2 fully saturated rings. The number of benzene rings is 1. The Labute approximate surface area is 154 Å². The molecule has 2 N–H and O–H groups in total. The summed E-state index contributed by atoms with van der Waals surface area (Å²) in [5, 5.41) is 20.6. The number of aliphatic hydroxyl groups is 1. The summed E-state index contributed by atoms with van der Waals surface area (Å²) in [7, 11) is 0. The van der Waals surface area contributed by atoms with E-state index in [1.165, 1.54) is 18.2 Å². The molecule has 2 saturated carbocycles. The molecule has 0 bridgehead atoms. The van der Waals surface area contributed by atoms with Gasteiger partial charge in [-0.05, 0) is 43.9 Å². The van der Waals surface area contributed by atoms with E-state index in [1.54, 1.807) is 6.07 Å². The molecule has 0 radical (unpaired) electrons. The number of aliphatic hydroxyl groups excluding tert-OH is 1. The third-order valence-electron chi connectivity index (χ3n) is 5.01. The standard InChI is InChI=1S/C18H20F2N4O3/c19-18(20)27-14-3-1-2-10(8-14)17(26)21-12-6-11(7-12)16-23-22-15(9-25)24(16)13-4-5-13/h1-3,8,11-13,18,25H,4-7,9H2,(H,21,26). The molecule has 2 aliphatic rings. The number of hydrogen-bond donors (Lipinski definition) is 2. The van der Waals surface area contributed by atoms with Gasteiger partial charge in [-0.1, -0.05) is 6.07 Å². The zero-order valence-corrected chi connectivity index (χ0v) is 14.5. The molecular formula is C18H20F2N4O3. The topological polar surface area (TPSA) is 89.3 Å². The van der Waals surface area contributed by atoms with Crippen LogP contribution in [0.4, 0.5) is 8.78 Å². The first-order valence-corrected chi connectivity index (χ1v) is 8.95. The first-order valence-electron chi connectivity index (χ1n) is 8.95. The van der Waals surface area contributed by atoms with Gasteiger partial charge in [0.25, 0.3) is 5.91 Å². The summed E-state index contributed by atoms with van der Waals surface area (Å²) in [4.78, 5) is 12.3. The summed E-state index contributed by atoms with van der Waals surface area (Å²) in [6.45, 7) is -3.06. The van der Waals surface area contributed by atoms with Crippen LogP contribution in [0, 0.1) is 0 Å². The molecule has 144 valence electrons. The lowest BCUT2D eigenvalue weighted by Crippen LogP contribution is -2.44. The van der Waals surface area contributed by atoms with Crippen molar-refractivity contribution in [2.45, 2.75) is 56.9 Å². The molecule has 7 nitrogen and oxygen atoms in total. The minimum absolute atomic E-state index is 0.0101.